The molecule has 0 bridgehead atoms. The summed E-state index contributed by atoms with van der Waals surface area (Å²) in [6.07, 6.45) is -4.98. The number of ketones is 1. The molecule has 102 valence electrons. The summed E-state index contributed by atoms with van der Waals surface area (Å²) in [7, 11) is 1.19. The molecule has 0 fully saturated rings. The normalized spacial score (nSPS) is 11.9. The van der Waals surface area contributed by atoms with Crippen molar-refractivity contribution in [1.82, 2.24) is 4.98 Å². The number of rotatable bonds is 2. The van der Waals surface area contributed by atoms with Crippen molar-refractivity contribution in [1.29, 1.82) is 0 Å². The van der Waals surface area contributed by atoms with Crippen molar-refractivity contribution >= 4 is 16.7 Å². The summed E-state index contributed by atoms with van der Waals surface area (Å²) >= 11 is 0. The van der Waals surface area contributed by atoms with Gasteiger partial charge in [-0.3, -0.25) is 4.79 Å². The summed E-state index contributed by atoms with van der Waals surface area (Å²) in [5, 5.41) is -0.0157. The van der Waals surface area contributed by atoms with E-state index in [1.54, 1.807) is 0 Å². The number of alkyl halides is 3. The summed E-state index contributed by atoms with van der Waals surface area (Å²) < 4.78 is 55.7. The van der Waals surface area contributed by atoms with E-state index in [0.717, 1.165) is 12.1 Å². The van der Waals surface area contributed by atoms with Crippen molar-refractivity contribution in [2.75, 3.05) is 7.11 Å². The maximum atomic E-state index is 13.4. The predicted octanol–water partition coefficient (Wildman–Crippen LogP) is 3.37. The monoisotopic (exact) mass is 275 g/mol. The van der Waals surface area contributed by atoms with Gasteiger partial charge in [-0.15, -0.1) is 0 Å². The molecule has 0 atom stereocenters. The van der Waals surface area contributed by atoms with Crippen LogP contribution in [0.3, 0.4) is 0 Å². The summed E-state index contributed by atoms with van der Waals surface area (Å²) in [6, 6.07) is 2.07. The van der Waals surface area contributed by atoms with E-state index in [0.29, 0.717) is 0 Å². The van der Waals surface area contributed by atoms with Gasteiger partial charge in [-0.2, -0.15) is 13.2 Å². The summed E-state index contributed by atoms with van der Waals surface area (Å²) in [5.74, 6) is -2.91. The van der Waals surface area contributed by atoms with Crippen LogP contribution in [0, 0.1) is 12.7 Å². The highest BCUT2D eigenvalue weighted by molar-refractivity contribution is 6.12. The Hall–Kier alpha value is -2.05. The minimum absolute atomic E-state index is 0.0157. The third-order valence-corrected chi connectivity index (χ3v) is 2.74. The maximum absolute atomic E-state index is 13.4. The molecule has 1 N–H and O–H groups in total. The molecule has 0 saturated heterocycles. The van der Waals surface area contributed by atoms with Gasteiger partial charge < -0.3 is 9.72 Å². The highest BCUT2D eigenvalue weighted by Gasteiger charge is 2.41. The molecule has 2 rings (SSSR count). The molecule has 1 heterocycles. The third-order valence-electron chi connectivity index (χ3n) is 2.74. The van der Waals surface area contributed by atoms with Gasteiger partial charge in [-0.05, 0) is 13.0 Å². The molecule has 2 aromatic rings. The second-order valence-electron chi connectivity index (χ2n) is 3.98. The lowest BCUT2D eigenvalue weighted by Crippen LogP contribution is -2.23. The van der Waals surface area contributed by atoms with E-state index in [9.17, 15) is 22.4 Å². The van der Waals surface area contributed by atoms with Crippen molar-refractivity contribution in [3.05, 3.63) is 29.2 Å². The highest BCUT2D eigenvalue weighted by Crippen LogP contribution is 2.32. The van der Waals surface area contributed by atoms with Gasteiger partial charge in [0, 0.05) is 22.7 Å². The SMILES string of the molecule is COc1cc2c(C(=O)C(F)(F)F)c(C)[nH]c2cc1F. The molecule has 1 aromatic carbocycles. The predicted molar refractivity (Wildman–Crippen MR) is 59.9 cm³/mol. The van der Waals surface area contributed by atoms with Gasteiger partial charge in [-0.1, -0.05) is 0 Å². The van der Waals surface area contributed by atoms with Crippen LogP contribution in [-0.4, -0.2) is 24.1 Å². The van der Waals surface area contributed by atoms with Crippen molar-refractivity contribution in [2.24, 2.45) is 0 Å². The largest absolute Gasteiger partial charge is 0.494 e. The van der Waals surface area contributed by atoms with E-state index in [1.807, 2.05) is 0 Å². The number of carbonyl (C=O) groups excluding carboxylic acids is 1. The lowest BCUT2D eigenvalue weighted by molar-refractivity contribution is -0.0884. The number of benzene rings is 1. The Morgan fingerprint density at radius 2 is 1.95 bits per heavy atom. The Bertz CT molecular complexity index is 658. The molecular formula is C12H9F4NO2. The molecule has 0 amide bonds. The number of halogens is 4. The first-order valence-corrected chi connectivity index (χ1v) is 5.23. The quantitative estimate of drug-likeness (QED) is 0.674. The van der Waals surface area contributed by atoms with Crippen LogP contribution in [-0.2, 0) is 0 Å². The van der Waals surface area contributed by atoms with Gasteiger partial charge in [0.1, 0.15) is 0 Å². The first-order chi connectivity index (χ1) is 8.75. The van der Waals surface area contributed by atoms with Crippen LogP contribution in [0.1, 0.15) is 16.1 Å². The molecule has 0 radical (unpaired) electrons. The summed E-state index contributed by atoms with van der Waals surface area (Å²) in [4.78, 5) is 13.9. The maximum Gasteiger partial charge on any atom is 0.454 e. The van der Waals surface area contributed by atoms with Crippen molar-refractivity contribution in [2.45, 2.75) is 13.1 Å². The number of ether oxygens (including phenoxy) is 1. The van der Waals surface area contributed by atoms with Crippen molar-refractivity contribution in [3.8, 4) is 5.75 Å². The molecule has 0 saturated carbocycles. The molecule has 0 spiro atoms. The summed E-state index contributed by atoms with van der Waals surface area (Å²) in [6.45, 7) is 1.32. The fourth-order valence-electron chi connectivity index (χ4n) is 1.92. The number of hydrogen-bond acceptors (Lipinski definition) is 2. The highest BCUT2D eigenvalue weighted by atomic mass is 19.4. The zero-order valence-corrected chi connectivity index (χ0v) is 9.98. The van der Waals surface area contributed by atoms with E-state index >= 15 is 0 Å². The smallest absolute Gasteiger partial charge is 0.454 e. The first-order valence-electron chi connectivity index (χ1n) is 5.23. The van der Waals surface area contributed by atoms with Crippen LogP contribution < -0.4 is 4.74 Å². The zero-order valence-electron chi connectivity index (χ0n) is 9.98. The molecule has 3 nitrogen and oxygen atoms in total. The van der Waals surface area contributed by atoms with E-state index in [4.69, 9.17) is 4.74 Å². The topological polar surface area (TPSA) is 42.1 Å². The Morgan fingerprint density at radius 1 is 1.32 bits per heavy atom. The van der Waals surface area contributed by atoms with Crippen LogP contribution in [0.2, 0.25) is 0 Å². The fourth-order valence-corrected chi connectivity index (χ4v) is 1.92. The average molecular weight is 275 g/mol. The van der Waals surface area contributed by atoms with Crippen LogP contribution in [0.5, 0.6) is 5.75 Å². The molecule has 19 heavy (non-hydrogen) atoms. The lowest BCUT2D eigenvalue weighted by atomic mass is 10.1. The number of methoxy groups -OCH3 is 1. The Morgan fingerprint density at radius 3 is 2.47 bits per heavy atom. The van der Waals surface area contributed by atoms with Gasteiger partial charge in [0.25, 0.3) is 5.78 Å². The Labute approximate surface area is 105 Å². The molecule has 1 aromatic heterocycles. The Balaban J connectivity index is 2.74. The van der Waals surface area contributed by atoms with Crippen molar-refractivity contribution < 1.29 is 27.1 Å². The average Bonchev–Trinajstić information content (AvgIpc) is 2.60. The minimum atomic E-state index is -4.98. The minimum Gasteiger partial charge on any atom is -0.494 e. The number of H-pyrrole nitrogens is 1. The third kappa shape index (κ3) is 2.16. The summed E-state index contributed by atoms with van der Waals surface area (Å²) in [5.41, 5.74) is -0.367. The second kappa shape index (κ2) is 4.25. The number of aryl methyl sites for hydroxylation is 1. The van der Waals surface area contributed by atoms with E-state index in [-0.39, 0.29) is 22.3 Å². The van der Waals surface area contributed by atoms with Crippen LogP contribution in [0.4, 0.5) is 17.6 Å². The lowest BCUT2D eigenvalue weighted by Gasteiger charge is -2.06. The van der Waals surface area contributed by atoms with Crippen LogP contribution in [0.25, 0.3) is 10.9 Å². The van der Waals surface area contributed by atoms with Gasteiger partial charge in [-0.25, -0.2) is 4.39 Å². The molecule has 0 aliphatic carbocycles. The van der Waals surface area contributed by atoms with Crippen LogP contribution in [0.15, 0.2) is 12.1 Å². The second-order valence-corrected chi connectivity index (χ2v) is 3.98. The van der Waals surface area contributed by atoms with E-state index < -0.39 is 23.3 Å². The number of aromatic nitrogens is 1. The first kappa shape index (κ1) is 13.4. The van der Waals surface area contributed by atoms with Crippen LogP contribution >= 0.6 is 0 Å². The number of hydrogen-bond donors (Lipinski definition) is 1. The standard InChI is InChI=1S/C12H9F4NO2/c1-5-10(11(18)12(14,15)16)6-3-9(19-2)7(13)4-8(6)17-5/h3-4,17H,1-2H3. The zero-order chi connectivity index (χ0) is 14.4. The number of nitrogens with one attached hydrogen (secondary N) is 1. The van der Waals surface area contributed by atoms with Gasteiger partial charge in [0.15, 0.2) is 11.6 Å². The van der Waals surface area contributed by atoms with Crippen molar-refractivity contribution in [3.63, 3.8) is 0 Å². The number of aromatic amines is 1. The van der Waals surface area contributed by atoms with E-state index in [1.165, 1.54) is 14.0 Å². The van der Waals surface area contributed by atoms with Gasteiger partial charge in [0.05, 0.1) is 12.7 Å². The molecule has 0 aliphatic heterocycles. The molecule has 7 heteroatoms. The molecule has 0 unspecified atom stereocenters. The Kier molecular flexibility index (Phi) is 3.00. The van der Waals surface area contributed by atoms with Gasteiger partial charge in [0.2, 0.25) is 0 Å². The molecule has 0 aliphatic rings. The molecular weight excluding hydrogens is 266 g/mol. The number of carbonyl (C=O) groups is 1. The fraction of sp³-hybridized carbons (Fsp3) is 0.250. The number of Topliss-reactive ketones (excluding diaryl/α,β-unsaturated/α-hetero) is 1. The number of fused-ring (bicyclic) bond motifs is 1. The van der Waals surface area contributed by atoms with E-state index in [2.05, 4.69) is 4.98 Å². The van der Waals surface area contributed by atoms with Gasteiger partial charge >= 0.3 is 6.18 Å².